The highest BCUT2D eigenvalue weighted by Crippen LogP contribution is 2.59. The number of alkyl halides is 3. The zero-order valence-corrected chi connectivity index (χ0v) is 25.9. The van der Waals surface area contributed by atoms with Gasteiger partial charge in [-0.3, -0.25) is 9.59 Å². The highest BCUT2D eigenvalue weighted by molar-refractivity contribution is 5.95. The highest BCUT2D eigenvalue weighted by atomic mass is 19.4. The second kappa shape index (κ2) is 12.2. The molecule has 5 fully saturated rings. The monoisotopic (exact) mass is 643 g/mol. The maximum Gasteiger partial charge on any atom is 0.416 e. The van der Waals surface area contributed by atoms with Gasteiger partial charge in [-0.1, -0.05) is 17.9 Å². The van der Waals surface area contributed by atoms with Gasteiger partial charge in [0.25, 0.3) is 11.8 Å². The fraction of sp³-hybridized carbons (Fsp3) is 0.444. The Bertz CT molecular complexity index is 1700. The molecule has 1 aromatic heterocycles. The molecule has 1 aliphatic heterocycles. The molecule has 0 radical (unpaired) electrons. The quantitative estimate of drug-likeness (QED) is 0.356. The largest absolute Gasteiger partial charge is 0.508 e. The average molecular weight is 644 g/mol. The predicted octanol–water partition coefficient (Wildman–Crippen LogP) is 5.51. The number of piperazine rings is 1. The summed E-state index contributed by atoms with van der Waals surface area (Å²) in [5.41, 5.74) is -0.0926. The van der Waals surface area contributed by atoms with Crippen LogP contribution in [0.25, 0.3) is 0 Å². The number of hydrogen-bond donors (Lipinski definition) is 2. The third kappa shape index (κ3) is 6.78. The molecule has 2 amide bonds. The Balaban J connectivity index is 0.967. The molecule has 8 rings (SSSR count). The molecule has 2 aromatic carbocycles. The van der Waals surface area contributed by atoms with Crippen LogP contribution in [0, 0.1) is 35.0 Å². The molecule has 5 aliphatic rings. The van der Waals surface area contributed by atoms with E-state index in [0.29, 0.717) is 31.0 Å². The van der Waals surface area contributed by atoms with E-state index >= 15 is 0 Å². The number of aromatic nitrogens is 2. The maximum atomic E-state index is 13.7. The van der Waals surface area contributed by atoms with Crippen LogP contribution < -0.4 is 10.2 Å². The van der Waals surface area contributed by atoms with Crippen LogP contribution in [0.2, 0.25) is 0 Å². The molecule has 1 saturated heterocycles. The SMILES string of the molecule is O=C(NCC12CC3CC(CC(C3)C1)C2)c1ccc(N2CCN(C(=O)c3cc(C#Cc4cccc(O)c4)cc(C(F)(F)F)c3)CC2)nn1. The molecule has 244 valence electrons. The van der Waals surface area contributed by atoms with Crippen molar-refractivity contribution in [3.8, 4) is 17.6 Å². The van der Waals surface area contributed by atoms with Crippen LogP contribution in [0.15, 0.2) is 54.6 Å². The molecule has 3 aromatic rings. The lowest BCUT2D eigenvalue weighted by Crippen LogP contribution is -2.51. The molecule has 2 N–H and O–H groups in total. The molecule has 4 aliphatic carbocycles. The van der Waals surface area contributed by atoms with Crippen molar-refractivity contribution in [2.75, 3.05) is 37.6 Å². The standard InChI is InChI=1S/C36H36F3N5O3/c37-36(38,39)29-16-24(5-4-23-2-1-3-30(45)17-23)15-28(18-29)34(47)44-10-8-43(9-11-44)32-7-6-31(41-42-32)33(46)40-22-35-19-25-12-26(20-35)14-27(13-25)21-35/h1-3,6-7,15-18,25-27,45H,8-14,19-22H2,(H,40,46). The van der Waals surface area contributed by atoms with E-state index in [0.717, 1.165) is 29.9 Å². The minimum Gasteiger partial charge on any atom is -0.508 e. The van der Waals surface area contributed by atoms with Gasteiger partial charge in [-0.05, 0) is 110 Å². The second-order valence-corrected chi connectivity index (χ2v) is 13.8. The van der Waals surface area contributed by atoms with Crippen LogP contribution in [0.4, 0.5) is 19.0 Å². The Morgan fingerprint density at radius 1 is 0.872 bits per heavy atom. The predicted molar refractivity (Wildman–Crippen MR) is 169 cm³/mol. The van der Waals surface area contributed by atoms with Crippen molar-refractivity contribution in [3.63, 3.8) is 0 Å². The second-order valence-electron chi connectivity index (χ2n) is 13.8. The van der Waals surface area contributed by atoms with Crippen LogP contribution in [0.1, 0.15) is 76.1 Å². The number of hydrogen-bond acceptors (Lipinski definition) is 6. The van der Waals surface area contributed by atoms with E-state index in [1.807, 2.05) is 4.90 Å². The topological polar surface area (TPSA) is 98.7 Å². The first-order valence-corrected chi connectivity index (χ1v) is 16.2. The summed E-state index contributed by atoms with van der Waals surface area (Å²) in [4.78, 5) is 29.8. The van der Waals surface area contributed by atoms with Gasteiger partial charge in [-0.25, -0.2) is 0 Å². The Hall–Kier alpha value is -4.59. The number of phenols is 1. The summed E-state index contributed by atoms with van der Waals surface area (Å²) in [5.74, 6) is 7.69. The van der Waals surface area contributed by atoms with Crippen LogP contribution in [0.3, 0.4) is 0 Å². The van der Waals surface area contributed by atoms with Crippen LogP contribution in [0.5, 0.6) is 5.75 Å². The summed E-state index contributed by atoms with van der Waals surface area (Å²) in [6.45, 7) is 2.04. The third-order valence-corrected chi connectivity index (χ3v) is 10.3. The first kappa shape index (κ1) is 31.0. The number of phenolic OH excluding ortho intramolecular Hbond substituents is 1. The lowest BCUT2D eigenvalue weighted by Gasteiger charge is -2.56. The average Bonchev–Trinajstić information content (AvgIpc) is 3.05. The number of anilines is 1. The maximum absolute atomic E-state index is 13.7. The van der Waals surface area contributed by atoms with Gasteiger partial charge in [0.15, 0.2) is 11.5 Å². The summed E-state index contributed by atoms with van der Waals surface area (Å²) in [7, 11) is 0. The van der Waals surface area contributed by atoms with Crippen molar-refractivity contribution in [2.24, 2.45) is 23.2 Å². The van der Waals surface area contributed by atoms with Crippen molar-refractivity contribution in [1.29, 1.82) is 0 Å². The van der Waals surface area contributed by atoms with E-state index in [9.17, 15) is 27.9 Å². The molecule has 8 nitrogen and oxygen atoms in total. The lowest BCUT2D eigenvalue weighted by molar-refractivity contribution is -0.137. The third-order valence-electron chi connectivity index (χ3n) is 10.3. The summed E-state index contributed by atoms with van der Waals surface area (Å²) < 4.78 is 41.2. The zero-order valence-electron chi connectivity index (χ0n) is 25.9. The molecule has 0 spiro atoms. The van der Waals surface area contributed by atoms with Gasteiger partial charge >= 0.3 is 6.18 Å². The summed E-state index contributed by atoms with van der Waals surface area (Å²) in [6.07, 6.45) is 3.03. The Kier molecular flexibility index (Phi) is 8.06. The molecular formula is C36H36F3N5O3. The normalized spacial score (nSPS) is 24.9. The molecule has 4 bridgehead atoms. The number of rotatable bonds is 5. The van der Waals surface area contributed by atoms with Gasteiger partial charge in [0.05, 0.1) is 5.56 Å². The van der Waals surface area contributed by atoms with Gasteiger partial charge in [0, 0.05) is 49.4 Å². The molecule has 4 saturated carbocycles. The molecule has 0 atom stereocenters. The molecular weight excluding hydrogens is 607 g/mol. The molecule has 2 heterocycles. The number of carbonyl (C=O) groups is 2. The van der Waals surface area contributed by atoms with Crippen LogP contribution in [-0.4, -0.2) is 64.7 Å². The van der Waals surface area contributed by atoms with Crippen LogP contribution >= 0.6 is 0 Å². The van der Waals surface area contributed by atoms with Gasteiger partial charge < -0.3 is 20.2 Å². The van der Waals surface area contributed by atoms with Crippen molar-refractivity contribution in [2.45, 2.75) is 44.7 Å². The van der Waals surface area contributed by atoms with Crippen molar-refractivity contribution in [3.05, 3.63) is 82.5 Å². The van der Waals surface area contributed by atoms with Gasteiger partial charge in [0.1, 0.15) is 5.75 Å². The number of benzene rings is 2. The first-order valence-electron chi connectivity index (χ1n) is 16.2. The van der Waals surface area contributed by atoms with E-state index in [1.54, 1.807) is 24.3 Å². The van der Waals surface area contributed by atoms with E-state index in [4.69, 9.17) is 0 Å². The minimum atomic E-state index is -4.66. The minimum absolute atomic E-state index is 0.00861. The number of halogens is 3. The Labute approximate surface area is 271 Å². The van der Waals surface area contributed by atoms with Crippen LogP contribution in [-0.2, 0) is 6.18 Å². The number of amides is 2. The Morgan fingerprint density at radius 3 is 2.17 bits per heavy atom. The molecule has 47 heavy (non-hydrogen) atoms. The zero-order chi connectivity index (χ0) is 32.8. The molecule has 0 unspecified atom stereocenters. The van der Waals surface area contributed by atoms with Gasteiger partial charge in [0.2, 0.25) is 0 Å². The number of carbonyl (C=O) groups excluding carboxylic acids is 2. The van der Waals surface area contributed by atoms with E-state index < -0.39 is 17.6 Å². The van der Waals surface area contributed by atoms with Gasteiger partial charge in [-0.15, -0.1) is 10.2 Å². The van der Waals surface area contributed by atoms with E-state index in [2.05, 4.69) is 27.4 Å². The molecule has 11 heteroatoms. The first-order chi connectivity index (χ1) is 22.5. The van der Waals surface area contributed by atoms with Crippen molar-refractivity contribution >= 4 is 17.6 Å². The van der Waals surface area contributed by atoms with Gasteiger partial charge in [-0.2, -0.15) is 13.2 Å². The van der Waals surface area contributed by atoms with E-state index in [-0.39, 0.29) is 47.0 Å². The van der Waals surface area contributed by atoms with Crippen molar-refractivity contribution < 1.29 is 27.9 Å². The highest BCUT2D eigenvalue weighted by Gasteiger charge is 2.50. The summed E-state index contributed by atoms with van der Waals surface area (Å²) >= 11 is 0. The summed E-state index contributed by atoms with van der Waals surface area (Å²) in [5, 5.41) is 21.3. The van der Waals surface area contributed by atoms with Crippen molar-refractivity contribution in [1.82, 2.24) is 20.4 Å². The number of aromatic hydroxyl groups is 1. The summed E-state index contributed by atoms with van der Waals surface area (Å²) in [6, 6.07) is 12.6. The fourth-order valence-electron chi connectivity index (χ4n) is 8.52. The number of nitrogens with zero attached hydrogens (tertiary/aromatic N) is 4. The lowest BCUT2D eigenvalue weighted by atomic mass is 9.49. The smallest absolute Gasteiger partial charge is 0.416 e. The van der Waals surface area contributed by atoms with E-state index in [1.165, 1.54) is 61.6 Å². The fourth-order valence-corrected chi connectivity index (χ4v) is 8.52. The number of nitrogens with one attached hydrogen (secondary N) is 1. The Morgan fingerprint density at radius 2 is 1.55 bits per heavy atom.